The lowest BCUT2D eigenvalue weighted by molar-refractivity contribution is 0.102. The number of carbonyl (C=O) groups excluding carboxylic acids is 1. The Balaban J connectivity index is 2.00. The fraction of sp³-hybridized carbons (Fsp3) is 0.105. The third kappa shape index (κ3) is 3.45. The van der Waals surface area contributed by atoms with Crippen LogP contribution in [0.5, 0.6) is 0 Å². The van der Waals surface area contributed by atoms with Crippen LogP contribution in [0.3, 0.4) is 0 Å². The summed E-state index contributed by atoms with van der Waals surface area (Å²) in [6.45, 7) is 3.89. The van der Waals surface area contributed by atoms with Gasteiger partial charge in [-0.2, -0.15) is 0 Å². The minimum absolute atomic E-state index is 0.169. The Kier molecular flexibility index (Phi) is 4.77. The van der Waals surface area contributed by atoms with Gasteiger partial charge in [-0.25, -0.2) is 9.36 Å². The van der Waals surface area contributed by atoms with Gasteiger partial charge in [0, 0.05) is 16.9 Å². The van der Waals surface area contributed by atoms with Gasteiger partial charge in [-0.15, -0.1) is 0 Å². The second-order valence-corrected chi connectivity index (χ2v) is 6.31. The van der Waals surface area contributed by atoms with Crippen LogP contribution in [-0.4, -0.2) is 15.5 Å². The molecule has 7 heteroatoms. The fourth-order valence-corrected chi connectivity index (χ4v) is 2.60. The first-order valence-electron chi connectivity index (χ1n) is 7.86. The summed E-state index contributed by atoms with van der Waals surface area (Å²) in [4.78, 5) is 39.7. The number of amides is 1. The summed E-state index contributed by atoms with van der Waals surface area (Å²) >= 11 is 5.84. The van der Waals surface area contributed by atoms with Gasteiger partial charge in [0.15, 0.2) is 0 Å². The summed E-state index contributed by atoms with van der Waals surface area (Å²) in [5.41, 5.74) is 1.48. The van der Waals surface area contributed by atoms with E-state index in [1.807, 2.05) is 26.0 Å². The Morgan fingerprint density at radius 2 is 1.73 bits per heavy atom. The van der Waals surface area contributed by atoms with Gasteiger partial charge in [0.1, 0.15) is 5.56 Å². The molecule has 3 rings (SSSR count). The second kappa shape index (κ2) is 7.01. The largest absolute Gasteiger partial charge is 0.333 e. The fourth-order valence-electron chi connectivity index (χ4n) is 2.48. The van der Waals surface area contributed by atoms with Crippen molar-refractivity contribution < 1.29 is 4.79 Å². The van der Waals surface area contributed by atoms with Crippen LogP contribution in [0.25, 0.3) is 5.69 Å². The molecule has 2 N–H and O–H groups in total. The molecule has 0 atom stereocenters. The van der Waals surface area contributed by atoms with Gasteiger partial charge in [-0.1, -0.05) is 17.7 Å². The molecular formula is C19H16ClN3O3. The van der Waals surface area contributed by atoms with Gasteiger partial charge in [0.2, 0.25) is 0 Å². The number of carbonyl (C=O) groups is 1. The van der Waals surface area contributed by atoms with E-state index in [1.54, 1.807) is 18.2 Å². The molecule has 26 heavy (non-hydrogen) atoms. The summed E-state index contributed by atoms with van der Waals surface area (Å²) in [7, 11) is 0. The summed E-state index contributed by atoms with van der Waals surface area (Å²) in [6.07, 6.45) is 1.12. The zero-order chi connectivity index (χ0) is 18.8. The molecule has 1 amide bonds. The van der Waals surface area contributed by atoms with Crippen molar-refractivity contribution in [2.24, 2.45) is 0 Å². The number of H-pyrrole nitrogens is 1. The average Bonchev–Trinajstić information content (AvgIpc) is 2.60. The number of aromatic amines is 1. The van der Waals surface area contributed by atoms with Crippen LogP contribution in [0.2, 0.25) is 5.02 Å². The summed E-state index contributed by atoms with van der Waals surface area (Å²) < 4.78 is 0.894. The Hall–Kier alpha value is -3.12. The molecule has 2 aromatic carbocycles. The van der Waals surface area contributed by atoms with Crippen molar-refractivity contribution in [1.82, 2.24) is 9.55 Å². The Labute approximate surface area is 154 Å². The normalized spacial score (nSPS) is 10.6. The maximum atomic E-state index is 12.7. The molecular weight excluding hydrogens is 354 g/mol. The average molecular weight is 370 g/mol. The number of benzene rings is 2. The molecule has 132 valence electrons. The van der Waals surface area contributed by atoms with E-state index in [0.717, 1.165) is 21.9 Å². The smallest absolute Gasteiger partial charge is 0.322 e. The highest BCUT2D eigenvalue weighted by molar-refractivity contribution is 6.30. The number of hydrogen-bond acceptors (Lipinski definition) is 3. The first-order chi connectivity index (χ1) is 12.4. The summed E-state index contributed by atoms with van der Waals surface area (Å²) in [5, 5.41) is 3.15. The van der Waals surface area contributed by atoms with Crippen LogP contribution in [0.15, 0.2) is 58.3 Å². The molecule has 0 aliphatic carbocycles. The number of nitrogens with one attached hydrogen (secondary N) is 2. The molecule has 3 aromatic rings. The quantitative estimate of drug-likeness (QED) is 0.744. The Morgan fingerprint density at radius 1 is 1.04 bits per heavy atom. The molecule has 0 fully saturated rings. The third-order valence-electron chi connectivity index (χ3n) is 4.07. The van der Waals surface area contributed by atoms with Crippen LogP contribution < -0.4 is 16.6 Å². The molecule has 1 aromatic heterocycles. The molecule has 0 bridgehead atoms. The van der Waals surface area contributed by atoms with Crippen molar-refractivity contribution in [2.75, 3.05) is 5.32 Å². The Morgan fingerprint density at radius 3 is 2.38 bits per heavy atom. The van der Waals surface area contributed by atoms with Crippen molar-refractivity contribution >= 4 is 23.2 Å². The first kappa shape index (κ1) is 17.7. The molecule has 0 radical (unpaired) electrons. The minimum atomic E-state index is -0.711. The van der Waals surface area contributed by atoms with Crippen LogP contribution in [-0.2, 0) is 0 Å². The molecule has 0 aliphatic rings. The van der Waals surface area contributed by atoms with E-state index in [4.69, 9.17) is 11.6 Å². The number of hydrogen-bond donors (Lipinski definition) is 2. The van der Waals surface area contributed by atoms with Crippen molar-refractivity contribution in [1.29, 1.82) is 0 Å². The number of halogens is 1. The van der Waals surface area contributed by atoms with E-state index in [0.29, 0.717) is 16.4 Å². The van der Waals surface area contributed by atoms with Crippen molar-refractivity contribution in [3.05, 3.63) is 91.2 Å². The summed E-state index contributed by atoms with van der Waals surface area (Å²) in [6, 6.07) is 11.6. The predicted octanol–water partition coefficient (Wildman–Crippen LogP) is 3.05. The van der Waals surface area contributed by atoms with Crippen molar-refractivity contribution in [2.45, 2.75) is 13.8 Å². The lowest BCUT2D eigenvalue weighted by Crippen LogP contribution is -2.38. The van der Waals surface area contributed by atoms with Crippen LogP contribution in [0.1, 0.15) is 21.5 Å². The van der Waals surface area contributed by atoms with E-state index in [9.17, 15) is 14.4 Å². The molecule has 0 saturated heterocycles. The Bertz CT molecular complexity index is 1100. The first-order valence-corrected chi connectivity index (χ1v) is 8.24. The SMILES string of the molecule is Cc1ccc(NC(=O)c2c[nH]c(=O)n(-c3ccc(Cl)cc3)c2=O)cc1C. The van der Waals surface area contributed by atoms with E-state index in [-0.39, 0.29) is 5.56 Å². The van der Waals surface area contributed by atoms with Crippen LogP contribution >= 0.6 is 11.6 Å². The van der Waals surface area contributed by atoms with Gasteiger partial charge >= 0.3 is 5.69 Å². The van der Waals surface area contributed by atoms with Crippen molar-refractivity contribution in [3.8, 4) is 5.69 Å². The van der Waals surface area contributed by atoms with Gasteiger partial charge in [-0.3, -0.25) is 9.59 Å². The van der Waals surface area contributed by atoms with Gasteiger partial charge in [-0.05, 0) is 61.4 Å². The number of aromatic nitrogens is 2. The highest BCUT2D eigenvalue weighted by Gasteiger charge is 2.16. The lowest BCUT2D eigenvalue weighted by Gasteiger charge is -2.09. The molecule has 0 saturated carbocycles. The topological polar surface area (TPSA) is 84.0 Å². The molecule has 0 spiro atoms. The minimum Gasteiger partial charge on any atom is -0.322 e. The second-order valence-electron chi connectivity index (χ2n) is 5.88. The highest BCUT2D eigenvalue weighted by Crippen LogP contribution is 2.15. The lowest BCUT2D eigenvalue weighted by atomic mass is 10.1. The van der Waals surface area contributed by atoms with E-state index in [2.05, 4.69) is 10.3 Å². The number of rotatable bonds is 3. The molecule has 1 heterocycles. The van der Waals surface area contributed by atoms with Crippen LogP contribution in [0.4, 0.5) is 5.69 Å². The number of anilines is 1. The highest BCUT2D eigenvalue weighted by atomic mass is 35.5. The zero-order valence-corrected chi connectivity index (χ0v) is 14.9. The van der Waals surface area contributed by atoms with E-state index < -0.39 is 17.2 Å². The molecule has 0 unspecified atom stereocenters. The van der Waals surface area contributed by atoms with Gasteiger partial charge in [0.25, 0.3) is 11.5 Å². The number of nitrogens with zero attached hydrogens (tertiary/aromatic N) is 1. The van der Waals surface area contributed by atoms with Crippen LogP contribution in [0, 0.1) is 13.8 Å². The monoisotopic (exact) mass is 369 g/mol. The standard InChI is InChI=1S/C19H16ClN3O3/c1-11-3-6-14(9-12(11)2)22-17(24)16-10-21-19(26)23(18(16)25)15-7-4-13(20)5-8-15/h3-10H,1-2H3,(H,21,26)(H,22,24). The van der Waals surface area contributed by atoms with Crippen molar-refractivity contribution in [3.63, 3.8) is 0 Å². The number of aryl methyl sites for hydroxylation is 2. The summed E-state index contributed by atoms with van der Waals surface area (Å²) in [5.74, 6) is -0.600. The molecule has 0 aliphatic heterocycles. The van der Waals surface area contributed by atoms with Gasteiger partial charge < -0.3 is 10.3 Å². The van der Waals surface area contributed by atoms with E-state index in [1.165, 1.54) is 12.1 Å². The maximum absolute atomic E-state index is 12.7. The maximum Gasteiger partial charge on any atom is 0.333 e. The van der Waals surface area contributed by atoms with E-state index >= 15 is 0 Å². The zero-order valence-electron chi connectivity index (χ0n) is 14.2. The predicted molar refractivity (Wildman–Crippen MR) is 102 cm³/mol. The van der Waals surface area contributed by atoms with Gasteiger partial charge in [0.05, 0.1) is 5.69 Å². The third-order valence-corrected chi connectivity index (χ3v) is 4.32. The molecule has 6 nitrogen and oxygen atoms in total.